The second-order valence-electron chi connectivity index (χ2n) is 4.12. The fourth-order valence-electron chi connectivity index (χ4n) is 1.88. The van der Waals surface area contributed by atoms with Crippen LogP contribution in [0.25, 0.3) is 0 Å². The normalized spacial score (nSPS) is 34.2. The van der Waals surface area contributed by atoms with Crippen LogP contribution in [0.5, 0.6) is 0 Å². The Morgan fingerprint density at radius 3 is 2.77 bits per heavy atom. The lowest BCUT2D eigenvalue weighted by molar-refractivity contribution is -0.0277. The van der Waals surface area contributed by atoms with Gasteiger partial charge in [0.1, 0.15) is 0 Å². The lowest BCUT2D eigenvalue weighted by Gasteiger charge is -2.33. The minimum atomic E-state index is -0.382. The molecule has 0 aromatic heterocycles. The van der Waals surface area contributed by atoms with E-state index in [1.807, 2.05) is 6.92 Å². The summed E-state index contributed by atoms with van der Waals surface area (Å²) in [7, 11) is 1.64. The van der Waals surface area contributed by atoms with E-state index in [-0.39, 0.29) is 18.2 Å². The topological polar surface area (TPSA) is 41.5 Å². The summed E-state index contributed by atoms with van der Waals surface area (Å²) in [6.07, 6.45) is 1.80. The van der Waals surface area contributed by atoms with Crippen LogP contribution in [0.3, 0.4) is 0 Å². The van der Waals surface area contributed by atoms with Crippen molar-refractivity contribution in [1.29, 1.82) is 0 Å². The molecule has 3 nitrogen and oxygen atoms in total. The molecule has 3 heteroatoms. The maximum absolute atomic E-state index is 9.87. The molecule has 1 aliphatic heterocycles. The quantitative estimate of drug-likeness (QED) is 0.685. The van der Waals surface area contributed by atoms with Gasteiger partial charge in [0, 0.05) is 13.2 Å². The Kier molecular flexibility index (Phi) is 4.16. The van der Waals surface area contributed by atoms with E-state index in [0.29, 0.717) is 5.92 Å². The smallest absolute Gasteiger partial charge is 0.0951 e. The number of hydrogen-bond acceptors (Lipinski definition) is 3. The SMILES string of the molecule is COC(C)C(O)C1CC(C)CCN1. The Bertz CT molecular complexity index is 152. The molecule has 2 N–H and O–H groups in total. The summed E-state index contributed by atoms with van der Waals surface area (Å²) in [4.78, 5) is 0. The zero-order valence-corrected chi connectivity index (χ0v) is 8.79. The molecule has 1 rings (SSSR count). The highest BCUT2D eigenvalue weighted by atomic mass is 16.5. The molecule has 13 heavy (non-hydrogen) atoms. The van der Waals surface area contributed by atoms with Crippen molar-refractivity contribution in [1.82, 2.24) is 5.32 Å². The first-order valence-electron chi connectivity index (χ1n) is 5.09. The van der Waals surface area contributed by atoms with Crippen molar-refractivity contribution < 1.29 is 9.84 Å². The van der Waals surface area contributed by atoms with Crippen molar-refractivity contribution in [3.05, 3.63) is 0 Å². The molecule has 0 aromatic rings. The van der Waals surface area contributed by atoms with E-state index in [1.165, 1.54) is 6.42 Å². The minimum absolute atomic E-state index is 0.0807. The molecule has 0 spiro atoms. The third-order valence-corrected chi connectivity index (χ3v) is 2.96. The first-order chi connectivity index (χ1) is 6.15. The molecule has 0 saturated carbocycles. The molecule has 78 valence electrons. The fourth-order valence-corrected chi connectivity index (χ4v) is 1.88. The van der Waals surface area contributed by atoms with E-state index < -0.39 is 0 Å². The standard InChI is InChI=1S/C10H21NO2/c1-7-4-5-11-9(6-7)10(12)8(2)13-3/h7-12H,4-6H2,1-3H3. The number of aliphatic hydroxyl groups excluding tert-OH is 1. The zero-order chi connectivity index (χ0) is 9.84. The van der Waals surface area contributed by atoms with Crippen LogP contribution in [0.15, 0.2) is 0 Å². The van der Waals surface area contributed by atoms with Crippen molar-refractivity contribution in [3.8, 4) is 0 Å². The Morgan fingerprint density at radius 1 is 1.54 bits per heavy atom. The molecule has 4 unspecified atom stereocenters. The first kappa shape index (κ1) is 11.0. The van der Waals surface area contributed by atoms with E-state index in [9.17, 15) is 5.11 Å². The highest BCUT2D eigenvalue weighted by Crippen LogP contribution is 2.19. The minimum Gasteiger partial charge on any atom is -0.389 e. The Balaban J connectivity index is 2.41. The summed E-state index contributed by atoms with van der Waals surface area (Å²) in [5.41, 5.74) is 0. The molecule has 0 bridgehead atoms. The van der Waals surface area contributed by atoms with Gasteiger partial charge in [0.2, 0.25) is 0 Å². The van der Waals surface area contributed by atoms with Crippen LogP contribution in [-0.2, 0) is 4.74 Å². The maximum atomic E-state index is 9.87. The molecular formula is C10H21NO2. The van der Waals surface area contributed by atoms with Crippen molar-refractivity contribution in [2.45, 2.75) is 44.9 Å². The zero-order valence-electron chi connectivity index (χ0n) is 8.79. The van der Waals surface area contributed by atoms with Gasteiger partial charge in [-0.2, -0.15) is 0 Å². The van der Waals surface area contributed by atoms with Crippen LogP contribution in [0, 0.1) is 5.92 Å². The largest absolute Gasteiger partial charge is 0.389 e. The second-order valence-corrected chi connectivity index (χ2v) is 4.12. The number of aliphatic hydroxyl groups is 1. The number of ether oxygens (including phenoxy) is 1. The summed E-state index contributed by atoms with van der Waals surface area (Å²) in [6.45, 7) is 5.16. The predicted octanol–water partition coefficient (Wildman–Crippen LogP) is 0.770. The molecule has 0 aromatic carbocycles. The molecule has 1 heterocycles. The Hall–Kier alpha value is -0.120. The van der Waals surface area contributed by atoms with Crippen LogP contribution in [0.2, 0.25) is 0 Å². The van der Waals surface area contributed by atoms with Gasteiger partial charge in [-0.25, -0.2) is 0 Å². The monoisotopic (exact) mass is 187 g/mol. The predicted molar refractivity (Wildman–Crippen MR) is 52.7 cm³/mol. The summed E-state index contributed by atoms with van der Waals surface area (Å²) < 4.78 is 5.11. The van der Waals surface area contributed by atoms with E-state index in [0.717, 1.165) is 13.0 Å². The number of methoxy groups -OCH3 is 1. The summed E-state index contributed by atoms with van der Waals surface area (Å²) in [5, 5.41) is 13.2. The first-order valence-corrected chi connectivity index (χ1v) is 5.09. The highest BCUT2D eigenvalue weighted by Gasteiger charge is 2.28. The number of rotatable bonds is 3. The average Bonchev–Trinajstić information content (AvgIpc) is 2.15. The molecule has 1 fully saturated rings. The van der Waals surface area contributed by atoms with Gasteiger partial charge in [-0.15, -0.1) is 0 Å². The number of nitrogens with one attached hydrogen (secondary N) is 1. The summed E-state index contributed by atoms with van der Waals surface area (Å²) in [5.74, 6) is 0.713. The van der Waals surface area contributed by atoms with Gasteiger partial charge in [0.05, 0.1) is 12.2 Å². The van der Waals surface area contributed by atoms with Gasteiger partial charge in [0.15, 0.2) is 0 Å². The van der Waals surface area contributed by atoms with E-state index in [4.69, 9.17) is 4.74 Å². The van der Waals surface area contributed by atoms with Crippen LogP contribution in [-0.4, -0.2) is 37.0 Å². The van der Waals surface area contributed by atoms with E-state index in [2.05, 4.69) is 12.2 Å². The molecule has 0 radical (unpaired) electrons. The van der Waals surface area contributed by atoms with Crippen molar-refractivity contribution in [2.24, 2.45) is 5.92 Å². The summed E-state index contributed by atoms with van der Waals surface area (Å²) >= 11 is 0. The fraction of sp³-hybridized carbons (Fsp3) is 1.00. The molecule has 1 aliphatic rings. The molecule has 1 saturated heterocycles. The maximum Gasteiger partial charge on any atom is 0.0951 e. The van der Waals surface area contributed by atoms with Gasteiger partial charge in [0.25, 0.3) is 0 Å². The van der Waals surface area contributed by atoms with Crippen LogP contribution >= 0.6 is 0 Å². The molecule has 0 amide bonds. The van der Waals surface area contributed by atoms with Crippen LogP contribution < -0.4 is 5.32 Å². The molecule has 4 atom stereocenters. The van der Waals surface area contributed by atoms with Gasteiger partial charge in [-0.05, 0) is 32.2 Å². The Morgan fingerprint density at radius 2 is 2.23 bits per heavy atom. The van der Waals surface area contributed by atoms with Crippen molar-refractivity contribution in [2.75, 3.05) is 13.7 Å². The summed E-state index contributed by atoms with van der Waals surface area (Å²) in [6, 6.07) is 0.207. The third-order valence-electron chi connectivity index (χ3n) is 2.96. The van der Waals surface area contributed by atoms with Crippen LogP contribution in [0.1, 0.15) is 26.7 Å². The molecular weight excluding hydrogens is 166 g/mol. The second kappa shape index (κ2) is 4.94. The lowest BCUT2D eigenvalue weighted by Crippen LogP contribution is -2.49. The van der Waals surface area contributed by atoms with Gasteiger partial charge in [-0.1, -0.05) is 6.92 Å². The van der Waals surface area contributed by atoms with Gasteiger partial charge < -0.3 is 15.2 Å². The highest BCUT2D eigenvalue weighted by molar-refractivity contribution is 4.85. The third kappa shape index (κ3) is 2.93. The van der Waals surface area contributed by atoms with E-state index >= 15 is 0 Å². The number of hydrogen-bond donors (Lipinski definition) is 2. The van der Waals surface area contributed by atoms with Crippen LogP contribution in [0.4, 0.5) is 0 Å². The van der Waals surface area contributed by atoms with Gasteiger partial charge in [-0.3, -0.25) is 0 Å². The molecule has 0 aliphatic carbocycles. The van der Waals surface area contributed by atoms with Gasteiger partial charge >= 0.3 is 0 Å². The Labute approximate surface area is 80.5 Å². The number of piperidine rings is 1. The van der Waals surface area contributed by atoms with Crippen molar-refractivity contribution in [3.63, 3.8) is 0 Å². The average molecular weight is 187 g/mol. The van der Waals surface area contributed by atoms with E-state index in [1.54, 1.807) is 7.11 Å². The lowest BCUT2D eigenvalue weighted by atomic mass is 9.90. The van der Waals surface area contributed by atoms with Crippen molar-refractivity contribution >= 4 is 0 Å².